The Hall–Kier alpha value is -0.240. The third-order valence-corrected chi connectivity index (χ3v) is 1.17. The molecule has 0 aliphatic carbocycles. The highest BCUT2D eigenvalue weighted by atomic mass is 15.2. The van der Waals surface area contributed by atoms with Crippen molar-refractivity contribution >= 4 is 0 Å². The van der Waals surface area contributed by atoms with Crippen molar-refractivity contribution in [3.05, 3.63) is 0 Å². The fourth-order valence-electron chi connectivity index (χ4n) is 0.497. The average Bonchev–Trinajstić information content (AvgIpc) is 1.60. The minimum absolute atomic E-state index is 0.309. The summed E-state index contributed by atoms with van der Waals surface area (Å²) in [5.41, 5.74) is 31.6. The lowest BCUT2D eigenvalue weighted by atomic mass is 10.1. The molecule has 0 aliphatic heterocycles. The molecular weight excluding hydrogens is 132 g/mol. The zero-order valence-corrected chi connectivity index (χ0v) is 5.83. The van der Waals surface area contributed by atoms with Crippen LogP contribution in [0.25, 0.3) is 0 Å². The summed E-state index contributed by atoms with van der Waals surface area (Å²) in [6.45, 7) is 0. The van der Waals surface area contributed by atoms with Gasteiger partial charge in [0.1, 0.15) is 5.79 Å². The summed E-state index contributed by atoms with van der Waals surface area (Å²) < 4.78 is 0. The summed E-state index contributed by atoms with van der Waals surface area (Å²) in [6.07, 6.45) is -0.214. The third-order valence-electron chi connectivity index (χ3n) is 1.17. The Kier molecular flexibility index (Phi) is 3.16. The molecule has 0 rings (SSSR count). The Morgan fingerprint density at radius 1 is 1.00 bits per heavy atom. The largest absolute Gasteiger partial charge is 0.324 e. The standard InChI is InChI=1S/C4H16N6/c5-2(1-3(6)7)4(8,9)10/h2-3H,1,5-10H2. The SMILES string of the molecule is NC(N)CC(N)C(N)(N)N. The molecule has 1 atom stereocenters. The maximum absolute atomic E-state index is 5.42. The van der Waals surface area contributed by atoms with Gasteiger partial charge in [-0.2, -0.15) is 0 Å². The van der Waals surface area contributed by atoms with Crippen molar-refractivity contribution < 1.29 is 0 Å². The lowest BCUT2D eigenvalue weighted by Crippen LogP contribution is -2.70. The molecule has 6 nitrogen and oxygen atoms in total. The molecule has 0 fully saturated rings. The molecule has 6 heteroatoms. The monoisotopic (exact) mass is 148 g/mol. The van der Waals surface area contributed by atoms with Gasteiger partial charge >= 0.3 is 0 Å². The minimum Gasteiger partial charge on any atom is -0.324 e. The van der Waals surface area contributed by atoms with Gasteiger partial charge in [0.25, 0.3) is 0 Å². The Morgan fingerprint density at radius 2 is 1.40 bits per heavy atom. The summed E-state index contributed by atoms with van der Waals surface area (Å²) >= 11 is 0. The molecule has 0 aromatic carbocycles. The van der Waals surface area contributed by atoms with Gasteiger partial charge in [-0.05, 0) is 6.42 Å². The van der Waals surface area contributed by atoms with Crippen molar-refractivity contribution in [2.24, 2.45) is 34.4 Å². The zero-order chi connectivity index (χ0) is 8.36. The highest BCUT2D eigenvalue weighted by Gasteiger charge is 2.23. The van der Waals surface area contributed by atoms with Crippen molar-refractivity contribution in [2.75, 3.05) is 0 Å². The summed E-state index contributed by atoms with van der Waals surface area (Å²) in [7, 11) is 0. The van der Waals surface area contributed by atoms with Crippen LogP contribution in [0.5, 0.6) is 0 Å². The molecule has 0 aliphatic rings. The van der Waals surface area contributed by atoms with E-state index >= 15 is 0 Å². The topological polar surface area (TPSA) is 156 Å². The van der Waals surface area contributed by atoms with Crippen LogP contribution in [0.3, 0.4) is 0 Å². The second kappa shape index (κ2) is 3.24. The van der Waals surface area contributed by atoms with Crippen molar-refractivity contribution in [3.8, 4) is 0 Å². The molecule has 0 aromatic heterocycles. The smallest absolute Gasteiger partial charge is 0.131 e. The molecule has 10 heavy (non-hydrogen) atoms. The maximum atomic E-state index is 5.42. The molecule has 12 N–H and O–H groups in total. The maximum Gasteiger partial charge on any atom is 0.131 e. The van der Waals surface area contributed by atoms with Crippen LogP contribution in [0, 0.1) is 0 Å². The first kappa shape index (κ1) is 9.76. The Balaban J connectivity index is 3.73. The molecular formula is C4H16N6. The van der Waals surface area contributed by atoms with E-state index < -0.39 is 18.0 Å². The summed E-state index contributed by atoms with van der Waals surface area (Å²) in [5.74, 6) is -1.39. The van der Waals surface area contributed by atoms with Gasteiger partial charge in [0.15, 0.2) is 0 Å². The summed E-state index contributed by atoms with van der Waals surface area (Å²) in [5, 5.41) is 0. The lowest BCUT2D eigenvalue weighted by molar-refractivity contribution is 0.333. The number of rotatable bonds is 3. The first-order valence-electron chi connectivity index (χ1n) is 2.97. The predicted molar refractivity (Wildman–Crippen MR) is 40.0 cm³/mol. The van der Waals surface area contributed by atoms with Crippen LogP contribution in [0.2, 0.25) is 0 Å². The van der Waals surface area contributed by atoms with Crippen LogP contribution in [-0.4, -0.2) is 18.0 Å². The predicted octanol–water partition coefficient (Wildman–Crippen LogP) is -3.52. The molecule has 0 saturated carbocycles. The quantitative estimate of drug-likeness (QED) is 0.228. The van der Waals surface area contributed by atoms with Crippen LogP contribution in [0.4, 0.5) is 0 Å². The summed E-state index contributed by atoms with van der Waals surface area (Å²) in [6, 6.07) is -0.576. The third kappa shape index (κ3) is 3.72. The zero-order valence-electron chi connectivity index (χ0n) is 5.83. The first-order chi connectivity index (χ1) is 4.34. The molecule has 0 radical (unpaired) electrons. The lowest BCUT2D eigenvalue weighted by Gasteiger charge is -2.27. The van der Waals surface area contributed by atoms with Gasteiger partial charge in [0, 0.05) is 0 Å². The van der Waals surface area contributed by atoms with Crippen LogP contribution in [0.1, 0.15) is 6.42 Å². The van der Waals surface area contributed by atoms with Gasteiger partial charge in [0.2, 0.25) is 0 Å². The molecule has 0 bridgehead atoms. The van der Waals surface area contributed by atoms with Crippen molar-refractivity contribution in [3.63, 3.8) is 0 Å². The van der Waals surface area contributed by atoms with E-state index in [1.165, 1.54) is 0 Å². The summed E-state index contributed by atoms with van der Waals surface area (Å²) in [4.78, 5) is 0. The minimum atomic E-state index is -1.39. The van der Waals surface area contributed by atoms with Crippen molar-refractivity contribution in [1.82, 2.24) is 0 Å². The van der Waals surface area contributed by atoms with Gasteiger partial charge in [-0.3, -0.25) is 17.2 Å². The normalized spacial score (nSPS) is 15.9. The van der Waals surface area contributed by atoms with Gasteiger partial charge in [-0.1, -0.05) is 0 Å². The van der Waals surface area contributed by atoms with E-state index in [2.05, 4.69) is 0 Å². The van der Waals surface area contributed by atoms with Crippen LogP contribution in [-0.2, 0) is 0 Å². The molecule has 1 unspecified atom stereocenters. The number of hydrogen-bond acceptors (Lipinski definition) is 6. The molecule has 0 heterocycles. The van der Waals surface area contributed by atoms with E-state index in [0.29, 0.717) is 6.42 Å². The van der Waals surface area contributed by atoms with E-state index in [0.717, 1.165) is 0 Å². The highest BCUT2D eigenvalue weighted by Crippen LogP contribution is 1.94. The van der Waals surface area contributed by atoms with Gasteiger partial charge in [0.05, 0.1) is 12.2 Å². The van der Waals surface area contributed by atoms with Gasteiger partial charge in [-0.15, -0.1) is 0 Å². The molecule has 62 valence electrons. The average molecular weight is 148 g/mol. The number of nitrogens with two attached hydrogens (primary N) is 6. The molecule has 0 aromatic rings. The molecule has 0 saturated heterocycles. The second-order valence-electron chi connectivity index (χ2n) is 2.51. The Bertz CT molecular complexity index is 94.4. The fraction of sp³-hybridized carbons (Fsp3) is 1.00. The Labute approximate surface area is 59.9 Å². The van der Waals surface area contributed by atoms with E-state index in [-0.39, 0.29) is 0 Å². The van der Waals surface area contributed by atoms with E-state index in [1.54, 1.807) is 0 Å². The van der Waals surface area contributed by atoms with E-state index in [9.17, 15) is 0 Å². The van der Waals surface area contributed by atoms with Crippen LogP contribution >= 0.6 is 0 Å². The fourth-order valence-corrected chi connectivity index (χ4v) is 0.497. The van der Waals surface area contributed by atoms with Gasteiger partial charge in [-0.25, -0.2) is 0 Å². The van der Waals surface area contributed by atoms with Crippen molar-refractivity contribution in [2.45, 2.75) is 24.4 Å². The van der Waals surface area contributed by atoms with E-state index in [4.69, 9.17) is 34.4 Å². The van der Waals surface area contributed by atoms with E-state index in [1.807, 2.05) is 0 Å². The van der Waals surface area contributed by atoms with Gasteiger partial charge < -0.3 is 17.2 Å². The van der Waals surface area contributed by atoms with Crippen LogP contribution < -0.4 is 34.4 Å². The number of hydrogen-bond donors (Lipinski definition) is 6. The molecule has 0 amide bonds. The highest BCUT2D eigenvalue weighted by molar-refractivity contribution is 4.84. The second-order valence-corrected chi connectivity index (χ2v) is 2.51. The van der Waals surface area contributed by atoms with Crippen molar-refractivity contribution in [1.29, 1.82) is 0 Å². The van der Waals surface area contributed by atoms with Crippen LogP contribution in [0.15, 0.2) is 0 Å². The molecule has 0 spiro atoms. The Morgan fingerprint density at radius 3 is 1.50 bits per heavy atom. The first-order valence-corrected chi connectivity index (χ1v) is 2.97.